The largest absolute Gasteiger partial charge is 0.496 e. The lowest BCUT2D eigenvalue weighted by Gasteiger charge is -2.32. The van der Waals surface area contributed by atoms with Gasteiger partial charge in [0.1, 0.15) is 17.7 Å². The van der Waals surface area contributed by atoms with Gasteiger partial charge in [-0.15, -0.1) is 0 Å². The van der Waals surface area contributed by atoms with Crippen molar-refractivity contribution >= 4 is 21.6 Å². The molecule has 168 valence electrons. The number of fused-ring (bicyclic) bond motifs is 5. The Morgan fingerprint density at radius 2 is 1.87 bits per heavy atom. The summed E-state index contributed by atoms with van der Waals surface area (Å²) in [5, 5.41) is 0. The second kappa shape index (κ2) is 8.22. The molecule has 2 fully saturated rings. The number of alkyl halides is 2. The highest BCUT2D eigenvalue weighted by molar-refractivity contribution is 7.89. The van der Waals surface area contributed by atoms with Crippen LogP contribution in [0.2, 0.25) is 0 Å². The molecule has 2 bridgehead atoms. The number of ether oxygens (including phenoxy) is 2. The van der Waals surface area contributed by atoms with Gasteiger partial charge in [0.25, 0.3) is 10.0 Å². The van der Waals surface area contributed by atoms with Crippen LogP contribution in [0.3, 0.4) is 0 Å². The van der Waals surface area contributed by atoms with Crippen molar-refractivity contribution in [3.63, 3.8) is 0 Å². The Morgan fingerprint density at radius 3 is 2.58 bits per heavy atom. The zero-order valence-corrected chi connectivity index (χ0v) is 17.9. The first kappa shape index (κ1) is 21.7. The number of carbonyl (C=O) groups is 1. The minimum absolute atomic E-state index is 0.0166. The fourth-order valence-electron chi connectivity index (χ4n) is 4.36. The summed E-state index contributed by atoms with van der Waals surface area (Å²) in [5.74, 6) is -1.57. The maximum atomic E-state index is 15.0. The minimum Gasteiger partial charge on any atom is -0.496 e. The second-order valence-electron chi connectivity index (χ2n) is 8.10. The number of allylic oxidation sites excluding steroid dienone is 1. The number of rotatable bonds is 1. The lowest BCUT2D eigenvalue weighted by Crippen LogP contribution is -2.49. The van der Waals surface area contributed by atoms with Crippen LogP contribution in [0.5, 0.6) is 5.75 Å². The third-order valence-corrected chi connectivity index (χ3v) is 6.35. The molecule has 1 saturated carbocycles. The summed E-state index contributed by atoms with van der Waals surface area (Å²) < 4.78 is 68.0. The molecule has 0 spiro atoms. The number of sulfonamides is 1. The van der Waals surface area contributed by atoms with Crippen molar-refractivity contribution in [2.75, 3.05) is 12.8 Å². The first-order chi connectivity index (χ1) is 14.6. The molecule has 4 aliphatic rings. The lowest BCUT2D eigenvalue weighted by atomic mass is 9.82. The smallest absolute Gasteiger partial charge is 0.482 e. The van der Waals surface area contributed by atoms with Crippen LogP contribution in [0.15, 0.2) is 40.6 Å². The van der Waals surface area contributed by atoms with E-state index in [1.165, 1.54) is 12.3 Å². The van der Waals surface area contributed by atoms with Crippen LogP contribution in [-0.2, 0) is 19.6 Å². The van der Waals surface area contributed by atoms with Crippen LogP contribution in [0.1, 0.15) is 50.0 Å². The minimum atomic E-state index is -4.14. The zero-order chi connectivity index (χ0) is 22.2. The van der Waals surface area contributed by atoms with E-state index in [1.807, 2.05) is 0 Å². The van der Waals surface area contributed by atoms with E-state index in [0.29, 0.717) is 18.4 Å². The average molecular weight is 454 g/mol. The third-order valence-electron chi connectivity index (χ3n) is 5.80. The van der Waals surface area contributed by atoms with E-state index in [9.17, 15) is 13.2 Å². The van der Waals surface area contributed by atoms with Crippen molar-refractivity contribution in [3.8, 4) is 5.75 Å². The first-order valence-corrected chi connectivity index (χ1v) is 12.1. The van der Waals surface area contributed by atoms with E-state index < -0.39 is 22.0 Å². The highest BCUT2D eigenvalue weighted by Gasteiger charge is 2.48. The molecule has 31 heavy (non-hydrogen) atoms. The van der Waals surface area contributed by atoms with Crippen molar-refractivity contribution in [3.05, 3.63) is 41.8 Å². The summed E-state index contributed by atoms with van der Waals surface area (Å²) in [6.07, 6.45) is 1.20. The molecule has 0 N–H and O–H groups in total. The Hall–Kier alpha value is -2.49. The van der Waals surface area contributed by atoms with E-state index in [-0.39, 0.29) is 48.6 Å². The Kier molecular flexibility index (Phi) is 5.76. The Morgan fingerprint density at radius 1 is 1.16 bits per heavy atom. The zero-order valence-electron chi connectivity index (χ0n) is 17.1. The fraction of sp³-hybridized carbons (Fsp3) is 0.524. The van der Waals surface area contributed by atoms with E-state index in [0.717, 1.165) is 24.0 Å². The Labute approximate surface area is 179 Å². The number of amides is 1. The van der Waals surface area contributed by atoms with Crippen LogP contribution < -0.4 is 4.74 Å². The molecule has 5 rings (SSSR count). The molecule has 1 aromatic rings. The summed E-state index contributed by atoms with van der Waals surface area (Å²) in [7, 11) is -3.79. The molecule has 3 aliphatic heterocycles. The van der Waals surface area contributed by atoms with Gasteiger partial charge in [-0.2, -0.15) is 13.2 Å². The maximum absolute atomic E-state index is 15.0. The normalized spacial score (nSPS) is 29.3. The van der Waals surface area contributed by atoms with Crippen molar-refractivity contribution in [2.45, 2.75) is 56.7 Å². The molecule has 0 aromatic heterocycles. The molecular formula is C21H24F2N2O5S. The van der Waals surface area contributed by atoms with Gasteiger partial charge in [0, 0.05) is 6.54 Å². The molecule has 10 heteroatoms. The molecule has 1 saturated heterocycles. The summed E-state index contributed by atoms with van der Waals surface area (Å²) in [6, 6.07) is 6.56. The predicted molar refractivity (Wildman–Crippen MR) is 109 cm³/mol. The monoisotopic (exact) mass is 454 g/mol. The van der Waals surface area contributed by atoms with E-state index in [4.69, 9.17) is 9.47 Å². The molecule has 0 radical (unpaired) electrons. The van der Waals surface area contributed by atoms with Gasteiger partial charge in [0.2, 0.25) is 0 Å². The van der Waals surface area contributed by atoms with Crippen LogP contribution in [0, 0.1) is 0 Å². The average Bonchev–Trinajstić information content (AvgIpc) is 2.72. The summed E-state index contributed by atoms with van der Waals surface area (Å²) in [6.45, 7) is -0.0231. The lowest BCUT2D eigenvalue weighted by molar-refractivity contribution is -0.202. The van der Waals surface area contributed by atoms with Gasteiger partial charge < -0.3 is 9.47 Å². The van der Waals surface area contributed by atoms with Crippen LogP contribution in [0.4, 0.5) is 8.78 Å². The van der Waals surface area contributed by atoms with E-state index in [2.05, 4.69) is 4.40 Å². The second-order valence-corrected chi connectivity index (χ2v) is 9.75. The fourth-order valence-corrected chi connectivity index (χ4v) is 4.95. The van der Waals surface area contributed by atoms with Gasteiger partial charge in [-0.1, -0.05) is 18.2 Å². The molecule has 1 aromatic carbocycles. The highest BCUT2D eigenvalue weighted by atomic mass is 32.2. The highest BCUT2D eigenvalue weighted by Crippen LogP contribution is 2.41. The van der Waals surface area contributed by atoms with Crippen molar-refractivity contribution in [1.82, 2.24) is 4.90 Å². The molecule has 0 atom stereocenters. The molecule has 1 aliphatic carbocycles. The number of carbonyl (C=O) groups excluding carboxylic acids is 1. The summed E-state index contributed by atoms with van der Waals surface area (Å²) in [5.41, 5.74) is 0.625. The molecular weight excluding hydrogens is 430 g/mol. The molecule has 1 amide bonds. The van der Waals surface area contributed by atoms with Crippen LogP contribution >= 0.6 is 0 Å². The van der Waals surface area contributed by atoms with Crippen molar-refractivity contribution in [1.29, 1.82) is 0 Å². The number of para-hydroxylation sites is 1. The number of hydrogen-bond acceptors (Lipinski definition) is 5. The van der Waals surface area contributed by atoms with Gasteiger partial charge in [0.05, 0.1) is 18.1 Å². The van der Waals surface area contributed by atoms with E-state index in [1.54, 1.807) is 18.2 Å². The number of hydrogen-bond donors (Lipinski definition) is 0. The summed E-state index contributed by atoms with van der Waals surface area (Å²) in [4.78, 5) is 13.7. The van der Waals surface area contributed by atoms with Crippen LogP contribution in [-0.4, -0.2) is 49.9 Å². The maximum Gasteiger partial charge on any atom is 0.482 e. The van der Waals surface area contributed by atoms with Gasteiger partial charge in [-0.25, -0.2) is 8.42 Å². The first-order valence-electron chi connectivity index (χ1n) is 10.3. The van der Waals surface area contributed by atoms with E-state index >= 15 is 8.78 Å². The number of nitrogens with zero attached hydrogens (tertiary/aromatic N) is 2. The van der Waals surface area contributed by atoms with Crippen LogP contribution in [0.25, 0.3) is 0 Å². The Balaban J connectivity index is 1.79. The standard InChI is InChI=1S/C21H24F2N2O5S/c1-31(27,28)24-17-6-4-12-25-18(17)13-29-15-10-8-14(9-11-15)16-5-2-3-7-19(16)30-21(22,23)20(25)26/h2-3,5,7,13-15H,4,6,8-12H2,1H3/b18-13-,24-17+. The third kappa shape index (κ3) is 4.73. The molecule has 0 unspecified atom stereocenters. The topological polar surface area (TPSA) is 85.3 Å². The van der Waals surface area contributed by atoms with Gasteiger partial charge in [-0.05, 0) is 56.1 Å². The van der Waals surface area contributed by atoms with Crippen molar-refractivity contribution in [2.24, 2.45) is 4.40 Å². The number of benzene rings is 1. The number of piperidine rings is 1. The predicted octanol–water partition coefficient (Wildman–Crippen LogP) is 3.58. The van der Waals surface area contributed by atoms with Crippen molar-refractivity contribution < 1.29 is 31.5 Å². The quantitative estimate of drug-likeness (QED) is 0.648. The SMILES string of the molecule is CS(=O)(=O)/N=C1CCCN2C(=O)C(F)(F)Oc3ccccc3C3CCC(CC3)O\C=C\12. The van der Waals surface area contributed by atoms with Gasteiger partial charge in [-0.3, -0.25) is 9.69 Å². The summed E-state index contributed by atoms with van der Waals surface area (Å²) >= 11 is 0. The van der Waals surface area contributed by atoms with Gasteiger partial charge in [0.15, 0.2) is 0 Å². The molecule has 7 nitrogen and oxygen atoms in total. The molecule has 3 heterocycles. The van der Waals surface area contributed by atoms with Gasteiger partial charge >= 0.3 is 12.0 Å². The number of halogens is 2. The Bertz CT molecular complexity index is 1030.